The van der Waals surface area contributed by atoms with Gasteiger partial charge in [0.2, 0.25) is 27.9 Å². The number of hydrogen-bond acceptors (Lipinski definition) is 10. The molecule has 12 nitrogen and oxygen atoms in total. The third-order valence-corrected chi connectivity index (χ3v) is 7.61. The van der Waals surface area contributed by atoms with Gasteiger partial charge in [-0.2, -0.15) is 15.0 Å². The van der Waals surface area contributed by atoms with E-state index >= 15 is 0 Å². The third-order valence-electron chi connectivity index (χ3n) is 6.51. The van der Waals surface area contributed by atoms with Gasteiger partial charge < -0.3 is 19.3 Å². The van der Waals surface area contributed by atoms with E-state index in [1.807, 2.05) is 9.80 Å². The van der Waals surface area contributed by atoms with Crippen molar-refractivity contribution in [2.75, 3.05) is 56.3 Å². The number of alkyl halides is 2. The molecule has 0 amide bonds. The molecule has 0 bridgehead atoms. The van der Waals surface area contributed by atoms with Crippen molar-refractivity contribution >= 4 is 33.0 Å². The lowest BCUT2D eigenvalue weighted by Gasteiger charge is -2.33. The fourth-order valence-electron chi connectivity index (χ4n) is 4.58. The van der Waals surface area contributed by atoms with Crippen molar-refractivity contribution in [1.29, 1.82) is 0 Å². The van der Waals surface area contributed by atoms with Gasteiger partial charge in [0.1, 0.15) is 11.3 Å². The normalized spacial score (nSPS) is 17.4. The Bertz CT molecular complexity index is 1420. The molecule has 38 heavy (non-hydrogen) atoms. The monoisotopic (exact) mass is 550 g/mol. The zero-order valence-corrected chi connectivity index (χ0v) is 21.6. The average Bonchev–Trinajstić information content (AvgIpc) is 3.34. The summed E-state index contributed by atoms with van der Waals surface area (Å²) in [7, 11) is -2.10. The highest BCUT2D eigenvalue weighted by molar-refractivity contribution is 7.92. The second-order valence-corrected chi connectivity index (χ2v) is 10.5. The number of aromatic nitrogens is 5. The highest BCUT2D eigenvalue weighted by Gasteiger charge is 2.28. The summed E-state index contributed by atoms with van der Waals surface area (Å²) < 4.78 is 66.8. The van der Waals surface area contributed by atoms with Crippen LogP contribution in [0, 0.1) is 0 Å². The van der Waals surface area contributed by atoms with Gasteiger partial charge in [-0.3, -0.25) is 4.57 Å². The summed E-state index contributed by atoms with van der Waals surface area (Å²) in [4.78, 5) is 21.8. The van der Waals surface area contributed by atoms with Gasteiger partial charge in [-0.15, -0.1) is 0 Å². The number of imidazole rings is 1. The third kappa shape index (κ3) is 5.26. The van der Waals surface area contributed by atoms with Gasteiger partial charge in [0.05, 0.1) is 25.8 Å². The predicted molar refractivity (Wildman–Crippen MR) is 136 cm³/mol. The molecular formula is C23H28F2N8O4S. The Morgan fingerprint density at radius 3 is 2.29 bits per heavy atom. The highest BCUT2D eigenvalue weighted by atomic mass is 32.2. The van der Waals surface area contributed by atoms with E-state index in [0.29, 0.717) is 75.4 Å². The number of rotatable bonds is 8. The van der Waals surface area contributed by atoms with Crippen LogP contribution in [0.15, 0.2) is 30.2 Å². The number of para-hydroxylation sites is 1. The van der Waals surface area contributed by atoms with Gasteiger partial charge in [0.25, 0.3) is 6.43 Å². The Morgan fingerprint density at radius 2 is 1.68 bits per heavy atom. The summed E-state index contributed by atoms with van der Waals surface area (Å²) in [6, 6.07) is 4.74. The number of nitrogens with zero attached hydrogens (tertiary/aromatic N) is 7. The molecule has 3 aromatic rings. The summed E-state index contributed by atoms with van der Waals surface area (Å²) in [5, 5.41) is 0.886. The minimum atomic E-state index is -3.55. The van der Waals surface area contributed by atoms with Crippen LogP contribution < -0.4 is 19.3 Å². The number of fused-ring (bicyclic) bond motifs is 1. The van der Waals surface area contributed by atoms with Crippen molar-refractivity contribution in [3.63, 3.8) is 0 Å². The summed E-state index contributed by atoms with van der Waals surface area (Å²) >= 11 is 0. The minimum absolute atomic E-state index is 0.0111. The van der Waals surface area contributed by atoms with Crippen LogP contribution in [0.3, 0.4) is 0 Å². The van der Waals surface area contributed by atoms with Crippen LogP contribution in [0.25, 0.3) is 17.0 Å². The fraction of sp³-hybridized carbons (Fsp3) is 0.478. The van der Waals surface area contributed by atoms with Crippen LogP contribution in [0.4, 0.5) is 20.7 Å². The lowest BCUT2D eigenvalue weighted by Crippen LogP contribution is -2.45. The maximum absolute atomic E-state index is 14.2. The molecule has 4 heterocycles. The molecule has 1 aromatic carbocycles. The largest absolute Gasteiger partial charge is 0.494 e. The summed E-state index contributed by atoms with van der Waals surface area (Å²) in [5.74, 6) is 0.512. The minimum Gasteiger partial charge on any atom is -0.494 e. The molecule has 2 aliphatic rings. The molecule has 0 saturated carbocycles. The smallest absolute Gasteiger partial charge is 0.296 e. The molecule has 0 spiro atoms. The van der Waals surface area contributed by atoms with Crippen LogP contribution in [-0.2, 0) is 14.8 Å². The number of benzene rings is 1. The first-order valence-corrected chi connectivity index (χ1v) is 13.7. The quantitative estimate of drug-likeness (QED) is 0.445. The van der Waals surface area contributed by atoms with Gasteiger partial charge in [-0.25, -0.2) is 26.9 Å². The van der Waals surface area contributed by atoms with E-state index in [2.05, 4.69) is 31.2 Å². The molecule has 1 N–H and O–H groups in total. The predicted octanol–water partition coefficient (Wildman–Crippen LogP) is 2.02. The number of anilines is 2. The Labute approximate surface area is 218 Å². The number of methoxy groups -OCH3 is 1. The van der Waals surface area contributed by atoms with Crippen molar-refractivity contribution < 1.29 is 26.7 Å². The Balaban J connectivity index is 1.56. The van der Waals surface area contributed by atoms with Crippen molar-refractivity contribution in [1.82, 2.24) is 29.2 Å². The molecule has 2 aliphatic heterocycles. The first kappa shape index (κ1) is 26.2. The first-order valence-electron chi connectivity index (χ1n) is 12.1. The topological polar surface area (TPSA) is 128 Å². The SMILES string of the molecule is C=CS(=O)(=O)NC1CCN(c2nc(N3CCOCC3)nc(-n3c(C(F)F)nc4c(OC)cccc43)n2)CC1. The van der Waals surface area contributed by atoms with Crippen LogP contribution in [0.5, 0.6) is 5.75 Å². The van der Waals surface area contributed by atoms with E-state index in [9.17, 15) is 17.2 Å². The molecule has 0 unspecified atom stereocenters. The number of nitrogens with one attached hydrogen (secondary N) is 1. The molecule has 2 aromatic heterocycles. The first-order chi connectivity index (χ1) is 18.3. The number of ether oxygens (including phenoxy) is 2. The van der Waals surface area contributed by atoms with E-state index in [0.717, 1.165) is 5.41 Å². The van der Waals surface area contributed by atoms with Crippen LogP contribution in [-0.4, -0.2) is 85.5 Å². The number of halogens is 2. The zero-order chi connectivity index (χ0) is 26.9. The average molecular weight is 551 g/mol. The maximum Gasteiger partial charge on any atom is 0.296 e. The van der Waals surface area contributed by atoms with E-state index in [1.54, 1.807) is 18.2 Å². The Morgan fingerprint density at radius 1 is 1.05 bits per heavy atom. The lowest BCUT2D eigenvalue weighted by atomic mass is 10.1. The Hall–Kier alpha value is -3.43. The molecule has 204 valence electrons. The Kier molecular flexibility index (Phi) is 7.40. The molecule has 2 saturated heterocycles. The zero-order valence-electron chi connectivity index (χ0n) is 20.8. The van der Waals surface area contributed by atoms with Gasteiger partial charge in [-0.1, -0.05) is 12.6 Å². The lowest BCUT2D eigenvalue weighted by molar-refractivity contribution is 0.122. The van der Waals surface area contributed by atoms with Crippen molar-refractivity contribution in [2.45, 2.75) is 25.3 Å². The summed E-state index contributed by atoms with van der Waals surface area (Å²) in [6.07, 6.45) is -1.88. The molecule has 2 fully saturated rings. The van der Waals surface area contributed by atoms with Gasteiger partial charge in [0.15, 0.2) is 5.82 Å². The van der Waals surface area contributed by atoms with E-state index in [4.69, 9.17) is 9.47 Å². The van der Waals surface area contributed by atoms with Gasteiger partial charge >= 0.3 is 0 Å². The molecule has 0 atom stereocenters. The molecule has 0 aliphatic carbocycles. The van der Waals surface area contributed by atoms with Gasteiger partial charge in [-0.05, 0) is 25.0 Å². The van der Waals surface area contributed by atoms with Crippen LogP contribution in [0.2, 0.25) is 0 Å². The molecule has 15 heteroatoms. The molecular weight excluding hydrogens is 522 g/mol. The van der Waals surface area contributed by atoms with Crippen molar-refractivity contribution in [3.8, 4) is 11.7 Å². The number of morpholine rings is 1. The second-order valence-electron chi connectivity index (χ2n) is 8.86. The summed E-state index contributed by atoms with van der Waals surface area (Å²) in [6.45, 7) is 6.28. The van der Waals surface area contributed by atoms with E-state index < -0.39 is 22.3 Å². The van der Waals surface area contributed by atoms with Crippen molar-refractivity contribution in [3.05, 3.63) is 36.0 Å². The second kappa shape index (κ2) is 10.7. The fourth-order valence-corrected chi connectivity index (χ4v) is 5.38. The molecule has 5 rings (SSSR count). The van der Waals surface area contributed by atoms with Gasteiger partial charge in [0, 0.05) is 37.6 Å². The van der Waals surface area contributed by atoms with Crippen LogP contribution >= 0.6 is 0 Å². The van der Waals surface area contributed by atoms with Crippen molar-refractivity contribution in [2.24, 2.45) is 0 Å². The summed E-state index contributed by atoms with van der Waals surface area (Å²) in [5.41, 5.74) is 0.651. The standard InChI is InChI=1S/C23H28F2N8O4S/c1-3-38(34,35)30-15-7-9-31(10-8-15)21-27-22(32-11-13-37-14-12-32)29-23(28-21)33-16-5-4-6-17(36-2)18(16)26-20(33)19(24)25/h3-6,15,19,30H,1,7-14H2,2H3. The van der Waals surface area contributed by atoms with E-state index in [1.165, 1.54) is 11.7 Å². The highest BCUT2D eigenvalue weighted by Crippen LogP contribution is 2.32. The van der Waals surface area contributed by atoms with Crippen LogP contribution in [0.1, 0.15) is 25.1 Å². The molecule has 0 radical (unpaired) electrons. The maximum atomic E-state index is 14.2. The number of hydrogen-bond donors (Lipinski definition) is 1. The number of sulfonamides is 1. The van der Waals surface area contributed by atoms with E-state index in [-0.39, 0.29) is 17.5 Å². The number of piperidine rings is 1.